The number of esters is 1. The highest BCUT2D eigenvalue weighted by Crippen LogP contribution is 2.22. The van der Waals surface area contributed by atoms with Gasteiger partial charge in [-0.1, -0.05) is 24.9 Å². The topological polar surface area (TPSA) is 43.6 Å². The molecular weight excluding hydrogens is 260 g/mol. The maximum atomic E-state index is 11.4. The van der Waals surface area contributed by atoms with E-state index in [2.05, 4.69) is 4.98 Å². The normalized spacial score (nSPS) is 10.9. The van der Waals surface area contributed by atoms with E-state index >= 15 is 0 Å². The van der Waals surface area contributed by atoms with Gasteiger partial charge in [0.25, 0.3) is 0 Å². The van der Waals surface area contributed by atoms with Crippen LogP contribution in [0.5, 0.6) is 0 Å². The average Bonchev–Trinajstić information content (AvgIpc) is 2.84. The first-order valence-corrected chi connectivity index (χ1v) is 6.73. The van der Waals surface area contributed by atoms with Crippen molar-refractivity contribution in [3.05, 3.63) is 22.4 Å². The number of hydrogen-bond acceptors (Lipinski definition) is 4. The lowest BCUT2D eigenvalue weighted by atomic mass is 10.2. The van der Waals surface area contributed by atoms with Crippen LogP contribution >= 0.6 is 22.9 Å². The Hall–Kier alpha value is -1.07. The minimum atomic E-state index is -0.187. The zero-order valence-corrected chi connectivity index (χ0v) is 11.1. The molecule has 0 saturated carbocycles. The molecule has 0 bridgehead atoms. The quantitative estimate of drug-likeness (QED) is 0.785. The molecule has 2 heterocycles. The molecule has 6 heteroatoms. The van der Waals surface area contributed by atoms with Crippen molar-refractivity contribution in [1.82, 2.24) is 9.38 Å². The number of fused-ring (bicyclic) bond motifs is 1. The number of halogens is 1. The van der Waals surface area contributed by atoms with Crippen LogP contribution in [0.2, 0.25) is 5.15 Å². The third kappa shape index (κ3) is 2.79. The summed E-state index contributed by atoms with van der Waals surface area (Å²) in [6.07, 6.45) is 4.16. The molecule has 0 spiro atoms. The Morgan fingerprint density at radius 2 is 2.47 bits per heavy atom. The highest BCUT2D eigenvalue weighted by Gasteiger charge is 2.13. The molecule has 0 radical (unpaired) electrons. The number of aromatic nitrogens is 2. The molecule has 17 heavy (non-hydrogen) atoms. The lowest BCUT2D eigenvalue weighted by molar-refractivity contribution is -0.145. The van der Waals surface area contributed by atoms with Crippen molar-refractivity contribution in [1.29, 1.82) is 0 Å². The number of rotatable bonds is 5. The second-order valence-electron chi connectivity index (χ2n) is 3.67. The summed E-state index contributed by atoms with van der Waals surface area (Å²) in [5, 5.41) is 2.32. The molecule has 2 aromatic rings. The summed E-state index contributed by atoms with van der Waals surface area (Å²) in [6, 6.07) is 0. The molecule has 0 unspecified atom stereocenters. The minimum Gasteiger partial charge on any atom is -0.459 e. The summed E-state index contributed by atoms with van der Waals surface area (Å²) in [7, 11) is 0. The molecule has 0 saturated heterocycles. The number of carbonyl (C=O) groups excluding carboxylic acids is 1. The van der Waals surface area contributed by atoms with Crippen LogP contribution in [0.3, 0.4) is 0 Å². The summed E-state index contributed by atoms with van der Waals surface area (Å²) in [5.74, 6) is -0.187. The molecule has 0 N–H and O–H groups in total. The van der Waals surface area contributed by atoms with E-state index in [1.165, 1.54) is 11.3 Å². The smallest absolute Gasteiger partial charge is 0.306 e. The van der Waals surface area contributed by atoms with Gasteiger partial charge in [-0.25, -0.2) is 4.98 Å². The summed E-state index contributed by atoms with van der Waals surface area (Å²) in [4.78, 5) is 16.4. The highest BCUT2D eigenvalue weighted by molar-refractivity contribution is 7.15. The number of ether oxygens (including phenoxy) is 1. The van der Waals surface area contributed by atoms with Crippen LogP contribution in [0.25, 0.3) is 4.96 Å². The molecule has 0 amide bonds. The fourth-order valence-electron chi connectivity index (χ4n) is 1.48. The van der Waals surface area contributed by atoms with Crippen LogP contribution in [0, 0.1) is 0 Å². The maximum absolute atomic E-state index is 11.4. The van der Waals surface area contributed by atoms with Gasteiger partial charge in [0.2, 0.25) is 0 Å². The first kappa shape index (κ1) is 12.4. The fourth-order valence-corrected chi connectivity index (χ4v) is 2.49. The van der Waals surface area contributed by atoms with Gasteiger partial charge in [-0.3, -0.25) is 9.20 Å². The molecule has 4 nitrogen and oxygen atoms in total. The van der Waals surface area contributed by atoms with Gasteiger partial charge in [0, 0.05) is 18.0 Å². The van der Waals surface area contributed by atoms with Crippen molar-refractivity contribution in [2.75, 3.05) is 0 Å². The molecule has 0 aliphatic carbocycles. The van der Waals surface area contributed by atoms with Gasteiger partial charge in [-0.15, -0.1) is 11.3 Å². The average molecular weight is 273 g/mol. The van der Waals surface area contributed by atoms with E-state index in [0.29, 0.717) is 11.6 Å². The summed E-state index contributed by atoms with van der Waals surface area (Å²) >= 11 is 7.48. The molecule has 2 rings (SSSR count). The largest absolute Gasteiger partial charge is 0.459 e. The minimum absolute atomic E-state index is 0.180. The number of nitrogens with zero attached hydrogens (tertiary/aromatic N) is 2. The van der Waals surface area contributed by atoms with Gasteiger partial charge >= 0.3 is 5.97 Å². The van der Waals surface area contributed by atoms with Crippen LogP contribution < -0.4 is 0 Å². The van der Waals surface area contributed by atoms with E-state index in [-0.39, 0.29) is 12.6 Å². The predicted molar refractivity (Wildman–Crippen MR) is 67.4 cm³/mol. The Labute approximate surface area is 108 Å². The van der Waals surface area contributed by atoms with Crippen LogP contribution in [0.4, 0.5) is 0 Å². The number of hydrogen-bond donors (Lipinski definition) is 0. The van der Waals surface area contributed by atoms with Crippen LogP contribution in [0.15, 0.2) is 11.6 Å². The van der Waals surface area contributed by atoms with Gasteiger partial charge in [0.05, 0.1) is 5.69 Å². The van der Waals surface area contributed by atoms with E-state index in [4.69, 9.17) is 16.3 Å². The molecule has 0 atom stereocenters. The second kappa shape index (κ2) is 5.51. The zero-order valence-electron chi connectivity index (χ0n) is 9.48. The first-order valence-electron chi connectivity index (χ1n) is 5.48. The first-order chi connectivity index (χ1) is 8.22. The Morgan fingerprint density at radius 1 is 1.65 bits per heavy atom. The van der Waals surface area contributed by atoms with Gasteiger partial charge in [-0.05, 0) is 6.42 Å². The second-order valence-corrected chi connectivity index (χ2v) is 4.90. The predicted octanol–water partition coefficient (Wildman–Crippen LogP) is 3.28. The van der Waals surface area contributed by atoms with Gasteiger partial charge in [0.1, 0.15) is 6.61 Å². The molecule has 0 fully saturated rings. The standard InChI is InChI=1S/C11H13ClN2O2S/c1-2-3-4-9(15)16-7-8-10(12)13-11-14(8)5-6-17-11/h5-6H,2-4,7H2,1H3. The van der Waals surface area contributed by atoms with Crippen molar-refractivity contribution in [3.63, 3.8) is 0 Å². The number of unbranched alkanes of at least 4 members (excludes halogenated alkanes) is 1. The lowest BCUT2D eigenvalue weighted by Crippen LogP contribution is -2.05. The van der Waals surface area contributed by atoms with E-state index < -0.39 is 0 Å². The van der Waals surface area contributed by atoms with E-state index in [9.17, 15) is 4.79 Å². The maximum Gasteiger partial charge on any atom is 0.306 e. The van der Waals surface area contributed by atoms with Crippen molar-refractivity contribution < 1.29 is 9.53 Å². The Balaban J connectivity index is 2.00. The summed E-state index contributed by atoms with van der Waals surface area (Å²) < 4.78 is 7.01. The van der Waals surface area contributed by atoms with Crippen LogP contribution in [0.1, 0.15) is 31.9 Å². The Kier molecular flexibility index (Phi) is 4.02. The number of carbonyl (C=O) groups is 1. The number of thiazole rings is 1. The molecule has 92 valence electrons. The van der Waals surface area contributed by atoms with Crippen molar-refractivity contribution in [3.8, 4) is 0 Å². The SMILES string of the molecule is CCCCC(=O)OCc1c(Cl)nc2sccn12. The third-order valence-corrected chi connectivity index (χ3v) is 3.48. The molecular formula is C11H13ClN2O2S. The zero-order chi connectivity index (χ0) is 12.3. The molecule has 0 aromatic carbocycles. The highest BCUT2D eigenvalue weighted by atomic mass is 35.5. The fraction of sp³-hybridized carbons (Fsp3) is 0.455. The molecule has 0 aliphatic rings. The van der Waals surface area contributed by atoms with Crippen molar-refractivity contribution in [2.45, 2.75) is 32.8 Å². The number of imidazole rings is 1. The summed E-state index contributed by atoms with van der Waals surface area (Å²) in [6.45, 7) is 2.22. The Bertz CT molecular complexity index is 520. The Morgan fingerprint density at radius 3 is 3.24 bits per heavy atom. The lowest BCUT2D eigenvalue weighted by Gasteiger charge is -2.03. The molecule has 2 aromatic heterocycles. The van der Waals surface area contributed by atoms with Crippen molar-refractivity contribution >= 4 is 33.9 Å². The monoisotopic (exact) mass is 272 g/mol. The van der Waals surface area contributed by atoms with E-state index in [0.717, 1.165) is 23.5 Å². The third-order valence-electron chi connectivity index (χ3n) is 2.42. The molecule has 0 aliphatic heterocycles. The summed E-state index contributed by atoms with van der Waals surface area (Å²) in [5.41, 5.74) is 0.729. The van der Waals surface area contributed by atoms with E-state index in [1.807, 2.05) is 22.9 Å². The van der Waals surface area contributed by atoms with Crippen LogP contribution in [-0.2, 0) is 16.1 Å². The van der Waals surface area contributed by atoms with E-state index in [1.54, 1.807) is 0 Å². The van der Waals surface area contributed by atoms with Gasteiger partial charge < -0.3 is 4.74 Å². The van der Waals surface area contributed by atoms with Gasteiger partial charge in [-0.2, -0.15) is 0 Å². The van der Waals surface area contributed by atoms with Crippen molar-refractivity contribution in [2.24, 2.45) is 0 Å². The van der Waals surface area contributed by atoms with Crippen LogP contribution in [-0.4, -0.2) is 15.4 Å². The van der Waals surface area contributed by atoms with Gasteiger partial charge in [0.15, 0.2) is 10.1 Å².